The third kappa shape index (κ3) is 3.40. The van der Waals surface area contributed by atoms with Gasteiger partial charge >= 0.3 is 0 Å². The second-order valence-corrected chi connectivity index (χ2v) is 5.95. The molecule has 0 aromatic carbocycles. The summed E-state index contributed by atoms with van der Waals surface area (Å²) < 4.78 is 1.03. The van der Waals surface area contributed by atoms with E-state index in [1.165, 1.54) is 11.1 Å². The number of pyridine rings is 1. The molecule has 1 atom stereocenters. The lowest BCUT2D eigenvalue weighted by Gasteiger charge is -2.17. The summed E-state index contributed by atoms with van der Waals surface area (Å²) in [5.74, 6) is 0. The van der Waals surface area contributed by atoms with Gasteiger partial charge in [-0.15, -0.1) is 0 Å². The molecule has 2 rings (SSSR count). The van der Waals surface area contributed by atoms with E-state index in [2.05, 4.69) is 56.9 Å². The molecule has 0 amide bonds. The highest BCUT2D eigenvalue weighted by Crippen LogP contribution is 2.24. The molecule has 4 heteroatoms. The second kappa shape index (κ2) is 6.45. The Morgan fingerprint density at radius 3 is 2.78 bits per heavy atom. The fourth-order valence-corrected chi connectivity index (χ4v) is 3.14. The number of nitrogens with zero attached hydrogens (tertiary/aromatic N) is 1. The van der Waals surface area contributed by atoms with Crippen molar-refractivity contribution in [3.05, 3.63) is 50.4 Å². The molecule has 0 bridgehead atoms. The van der Waals surface area contributed by atoms with Gasteiger partial charge in [-0.2, -0.15) is 11.3 Å². The van der Waals surface area contributed by atoms with Crippen LogP contribution in [0.2, 0.25) is 0 Å². The quantitative estimate of drug-likeness (QED) is 0.895. The Kier molecular flexibility index (Phi) is 4.92. The van der Waals surface area contributed by atoms with Gasteiger partial charge in [0.1, 0.15) is 0 Å². The summed E-state index contributed by atoms with van der Waals surface area (Å²) in [6, 6.07) is 4.48. The molecule has 0 saturated heterocycles. The van der Waals surface area contributed by atoms with E-state index in [0.717, 1.165) is 23.1 Å². The van der Waals surface area contributed by atoms with Gasteiger partial charge in [0, 0.05) is 28.8 Å². The molecule has 18 heavy (non-hydrogen) atoms. The highest BCUT2D eigenvalue weighted by molar-refractivity contribution is 9.10. The number of aryl methyl sites for hydroxylation is 1. The van der Waals surface area contributed by atoms with E-state index >= 15 is 0 Å². The predicted molar refractivity (Wildman–Crippen MR) is 81.1 cm³/mol. The second-order valence-electron chi connectivity index (χ2n) is 4.29. The Balaban J connectivity index is 2.16. The maximum Gasteiger partial charge on any atom is 0.0423 e. The minimum atomic E-state index is 0.356. The summed E-state index contributed by atoms with van der Waals surface area (Å²) in [4.78, 5) is 4.46. The molecule has 0 aliphatic heterocycles. The van der Waals surface area contributed by atoms with Crippen LogP contribution in [0.4, 0.5) is 0 Å². The standard InChI is InChI=1S/C14H17BrN2S/c1-3-16-14(13-9-18-8-10(13)2)6-12-5-4-11(15)7-17-12/h4-5,7-9,14,16H,3,6H2,1-2H3. The number of hydrogen-bond donors (Lipinski definition) is 1. The normalized spacial score (nSPS) is 12.6. The number of rotatable bonds is 5. The van der Waals surface area contributed by atoms with E-state index < -0.39 is 0 Å². The van der Waals surface area contributed by atoms with Crippen molar-refractivity contribution in [2.75, 3.05) is 6.54 Å². The zero-order chi connectivity index (χ0) is 13.0. The summed E-state index contributed by atoms with van der Waals surface area (Å²) in [7, 11) is 0. The highest BCUT2D eigenvalue weighted by Gasteiger charge is 2.14. The van der Waals surface area contributed by atoms with Crippen LogP contribution in [-0.4, -0.2) is 11.5 Å². The fraction of sp³-hybridized carbons (Fsp3) is 0.357. The molecule has 0 spiro atoms. The van der Waals surface area contributed by atoms with Crippen molar-refractivity contribution in [1.29, 1.82) is 0 Å². The van der Waals surface area contributed by atoms with Gasteiger partial charge in [0.2, 0.25) is 0 Å². The fourth-order valence-electron chi connectivity index (χ4n) is 2.00. The van der Waals surface area contributed by atoms with Gasteiger partial charge in [-0.1, -0.05) is 6.92 Å². The minimum absolute atomic E-state index is 0.356. The zero-order valence-electron chi connectivity index (χ0n) is 10.6. The minimum Gasteiger partial charge on any atom is -0.310 e. The molecule has 0 fully saturated rings. The molecule has 2 aromatic rings. The molecular formula is C14H17BrN2S. The number of aromatic nitrogens is 1. The van der Waals surface area contributed by atoms with Crippen molar-refractivity contribution in [2.45, 2.75) is 26.3 Å². The average Bonchev–Trinajstić information content (AvgIpc) is 2.78. The van der Waals surface area contributed by atoms with Crippen LogP contribution in [0.15, 0.2) is 33.6 Å². The number of thiophene rings is 1. The Morgan fingerprint density at radius 1 is 1.39 bits per heavy atom. The summed E-state index contributed by atoms with van der Waals surface area (Å²) in [6.07, 6.45) is 2.79. The smallest absolute Gasteiger partial charge is 0.0423 e. The van der Waals surface area contributed by atoms with Crippen molar-refractivity contribution in [3.8, 4) is 0 Å². The van der Waals surface area contributed by atoms with Crippen LogP contribution in [0.5, 0.6) is 0 Å². The third-order valence-electron chi connectivity index (χ3n) is 2.92. The maximum atomic E-state index is 4.46. The van der Waals surface area contributed by atoms with Gasteiger partial charge in [-0.05, 0) is 63.4 Å². The summed E-state index contributed by atoms with van der Waals surface area (Å²) in [6.45, 7) is 5.28. The van der Waals surface area contributed by atoms with Crippen LogP contribution in [0, 0.1) is 6.92 Å². The molecule has 1 N–H and O–H groups in total. The van der Waals surface area contributed by atoms with E-state index in [1.54, 1.807) is 11.3 Å². The van der Waals surface area contributed by atoms with Crippen molar-refractivity contribution in [1.82, 2.24) is 10.3 Å². The lowest BCUT2D eigenvalue weighted by atomic mass is 10.0. The van der Waals surface area contributed by atoms with Crippen LogP contribution in [-0.2, 0) is 6.42 Å². The van der Waals surface area contributed by atoms with Gasteiger partial charge in [0.25, 0.3) is 0 Å². The van der Waals surface area contributed by atoms with Crippen LogP contribution in [0.25, 0.3) is 0 Å². The summed E-state index contributed by atoms with van der Waals surface area (Å²) >= 11 is 5.18. The first-order valence-corrected chi connectivity index (χ1v) is 7.80. The number of halogens is 1. The van der Waals surface area contributed by atoms with E-state index in [4.69, 9.17) is 0 Å². The Labute approximate surface area is 121 Å². The van der Waals surface area contributed by atoms with Crippen LogP contribution >= 0.6 is 27.3 Å². The Hall–Kier alpha value is -0.710. The SMILES string of the molecule is CCNC(Cc1ccc(Br)cn1)c1cscc1C. The molecule has 0 saturated carbocycles. The number of hydrogen-bond acceptors (Lipinski definition) is 3. The lowest BCUT2D eigenvalue weighted by Crippen LogP contribution is -2.23. The first-order chi connectivity index (χ1) is 8.70. The van der Waals surface area contributed by atoms with E-state index in [9.17, 15) is 0 Å². The van der Waals surface area contributed by atoms with Gasteiger partial charge in [-0.3, -0.25) is 4.98 Å². The largest absolute Gasteiger partial charge is 0.310 e. The van der Waals surface area contributed by atoms with E-state index in [-0.39, 0.29) is 0 Å². The highest BCUT2D eigenvalue weighted by atomic mass is 79.9. The van der Waals surface area contributed by atoms with Crippen LogP contribution < -0.4 is 5.32 Å². The van der Waals surface area contributed by atoms with Gasteiger partial charge in [0.15, 0.2) is 0 Å². The molecule has 96 valence electrons. The number of likely N-dealkylation sites (N-methyl/N-ethyl adjacent to an activating group) is 1. The summed E-state index contributed by atoms with van der Waals surface area (Å²) in [5.41, 5.74) is 3.88. The topological polar surface area (TPSA) is 24.9 Å². The first kappa shape index (κ1) is 13.7. The summed E-state index contributed by atoms with van der Waals surface area (Å²) in [5, 5.41) is 7.98. The molecular weight excluding hydrogens is 308 g/mol. The average molecular weight is 325 g/mol. The van der Waals surface area contributed by atoms with Gasteiger partial charge in [0.05, 0.1) is 0 Å². The molecule has 0 aliphatic carbocycles. The Morgan fingerprint density at radius 2 is 2.22 bits per heavy atom. The lowest BCUT2D eigenvalue weighted by molar-refractivity contribution is 0.543. The Bertz CT molecular complexity index is 493. The first-order valence-electron chi connectivity index (χ1n) is 6.07. The van der Waals surface area contributed by atoms with Crippen molar-refractivity contribution in [2.24, 2.45) is 0 Å². The number of nitrogens with one attached hydrogen (secondary N) is 1. The monoisotopic (exact) mass is 324 g/mol. The predicted octanol–water partition coefficient (Wildman–Crippen LogP) is 4.11. The molecule has 2 heterocycles. The van der Waals surface area contributed by atoms with Crippen molar-refractivity contribution in [3.63, 3.8) is 0 Å². The molecule has 2 nitrogen and oxygen atoms in total. The van der Waals surface area contributed by atoms with Gasteiger partial charge in [-0.25, -0.2) is 0 Å². The van der Waals surface area contributed by atoms with Crippen molar-refractivity contribution >= 4 is 27.3 Å². The van der Waals surface area contributed by atoms with Crippen molar-refractivity contribution < 1.29 is 0 Å². The third-order valence-corrected chi connectivity index (χ3v) is 4.27. The maximum absolute atomic E-state index is 4.46. The molecule has 2 aromatic heterocycles. The van der Waals surface area contributed by atoms with E-state index in [0.29, 0.717) is 6.04 Å². The van der Waals surface area contributed by atoms with Crippen LogP contribution in [0.3, 0.4) is 0 Å². The van der Waals surface area contributed by atoms with Gasteiger partial charge < -0.3 is 5.32 Å². The molecule has 0 aliphatic rings. The molecule has 0 radical (unpaired) electrons. The molecule has 1 unspecified atom stereocenters. The van der Waals surface area contributed by atoms with Crippen LogP contribution in [0.1, 0.15) is 29.8 Å². The zero-order valence-corrected chi connectivity index (χ0v) is 13.0. The van der Waals surface area contributed by atoms with E-state index in [1.807, 2.05) is 12.3 Å².